The zero-order valence-corrected chi connectivity index (χ0v) is 29.0. The van der Waals surface area contributed by atoms with Gasteiger partial charge in [-0.05, 0) is 12.8 Å². The number of carboxylic acid groups (broad SMARTS) is 2. The molecule has 0 aliphatic heterocycles. The Kier molecular flexibility index (Phi) is 41.0. The van der Waals surface area contributed by atoms with E-state index < -0.39 is 22.4 Å². The predicted octanol–water partition coefficient (Wildman–Crippen LogP) is 7.87. The molecule has 0 amide bonds. The van der Waals surface area contributed by atoms with E-state index in [-0.39, 0.29) is 23.1 Å². The number of hydrogen-bond acceptors (Lipinski definition) is 6. The predicted molar refractivity (Wildman–Crippen MR) is 173 cm³/mol. The van der Waals surface area contributed by atoms with Gasteiger partial charge in [-0.15, -0.1) is 0 Å². The van der Waals surface area contributed by atoms with E-state index in [1.807, 2.05) is 0 Å². The van der Waals surface area contributed by atoms with Gasteiger partial charge in [0.2, 0.25) is 0 Å². The topological polar surface area (TPSA) is 80.3 Å². The molecule has 2 unspecified atom stereocenters. The number of unbranched alkanes of at least 4 members (excludes halogenated alkanes) is 22. The standard InChI is InChI=1S/2C16H32O2S.Mg/c2*1-2-3-4-5-6-7-8-9-10-11-12-13-14-15(19)16(17)18;/h2*15,19H,2-14H2,1H3,(H,17,18);/q;;+2/p-2. The van der Waals surface area contributed by atoms with Crippen molar-refractivity contribution in [1.82, 2.24) is 0 Å². The van der Waals surface area contributed by atoms with E-state index in [4.69, 9.17) is 0 Å². The summed E-state index contributed by atoms with van der Waals surface area (Å²) in [6.45, 7) is 4.51. The SMILES string of the molecule is CCCCCCCCCCCCCCC(S)C(=O)[O-].CCCCCCCCCCCCCCC(S)C(=O)[O-].[Mg+2]. The first-order valence-electron chi connectivity index (χ1n) is 16.1. The maximum atomic E-state index is 10.4. The van der Waals surface area contributed by atoms with Crippen LogP contribution in [0, 0.1) is 0 Å². The Hall–Kier alpha value is 0.406. The number of rotatable bonds is 28. The van der Waals surface area contributed by atoms with Crippen LogP contribution < -0.4 is 10.2 Å². The summed E-state index contributed by atoms with van der Waals surface area (Å²) in [5, 5.41) is 19.7. The van der Waals surface area contributed by atoms with Gasteiger partial charge in [0.15, 0.2) is 0 Å². The van der Waals surface area contributed by atoms with Gasteiger partial charge < -0.3 is 19.8 Å². The molecule has 0 spiro atoms. The van der Waals surface area contributed by atoms with E-state index in [1.54, 1.807) is 0 Å². The van der Waals surface area contributed by atoms with Gasteiger partial charge in [0, 0.05) is 10.5 Å². The molecule has 0 saturated heterocycles. The second-order valence-corrected chi connectivity index (χ2v) is 12.3. The van der Waals surface area contributed by atoms with Gasteiger partial charge in [-0.1, -0.05) is 168 Å². The Labute approximate surface area is 270 Å². The number of carbonyl (C=O) groups excluding carboxylic acids is 2. The van der Waals surface area contributed by atoms with Crippen LogP contribution in [0.3, 0.4) is 0 Å². The van der Waals surface area contributed by atoms with Crippen LogP contribution in [0.5, 0.6) is 0 Å². The van der Waals surface area contributed by atoms with Gasteiger partial charge in [-0.25, -0.2) is 0 Å². The summed E-state index contributed by atoms with van der Waals surface area (Å²) in [7, 11) is 0. The fraction of sp³-hybridized carbons (Fsp3) is 0.938. The Morgan fingerprint density at radius 3 is 0.795 bits per heavy atom. The Morgan fingerprint density at radius 2 is 0.615 bits per heavy atom. The molecule has 0 aromatic heterocycles. The fourth-order valence-corrected chi connectivity index (χ4v) is 4.96. The van der Waals surface area contributed by atoms with E-state index >= 15 is 0 Å². The molecule has 0 saturated carbocycles. The molecule has 0 aromatic rings. The quantitative estimate of drug-likeness (QED) is 0.0545. The van der Waals surface area contributed by atoms with E-state index in [2.05, 4.69) is 39.1 Å². The van der Waals surface area contributed by atoms with Gasteiger partial charge in [-0.3, -0.25) is 0 Å². The molecule has 0 aliphatic rings. The second-order valence-electron chi connectivity index (χ2n) is 11.0. The minimum atomic E-state index is -1.04. The zero-order valence-electron chi connectivity index (χ0n) is 25.8. The molecule has 4 nitrogen and oxygen atoms in total. The summed E-state index contributed by atoms with van der Waals surface area (Å²) in [6, 6.07) is 0. The summed E-state index contributed by atoms with van der Waals surface area (Å²) >= 11 is 7.94. The van der Waals surface area contributed by atoms with Crippen LogP contribution in [0.1, 0.15) is 181 Å². The molecule has 0 bridgehead atoms. The monoisotopic (exact) mass is 598 g/mol. The molecular weight excluding hydrogens is 537 g/mol. The Bertz CT molecular complexity index is 465. The number of carbonyl (C=O) groups is 2. The summed E-state index contributed by atoms with van der Waals surface area (Å²) in [4.78, 5) is 20.9. The minimum Gasteiger partial charge on any atom is -0.549 e. The summed E-state index contributed by atoms with van der Waals surface area (Å²) in [5.74, 6) is -2.07. The van der Waals surface area contributed by atoms with Crippen molar-refractivity contribution in [2.75, 3.05) is 0 Å². The van der Waals surface area contributed by atoms with Gasteiger partial charge >= 0.3 is 23.1 Å². The van der Waals surface area contributed by atoms with Crippen molar-refractivity contribution in [3.8, 4) is 0 Å². The van der Waals surface area contributed by atoms with Crippen molar-refractivity contribution < 1.29 is 19.8 Å². The number of aliphatic carboxylic acids is 2. The molecule has 0 aromatic carbocycles. The fourth-order valence-electron chi connectivity index (χ4n) is 4.59. The molecular formula is C32H62MgO4S2. The van der Waals surface area contributed by atoms with Crippen LogP contribution in [-0.4, -0.2) is 45.5 Å². The number of carboxylic acids is 2. The third-order valence-electron chi connectivity index (χ3n) is 7.21. The van der Waals surface area contributed by atoms with E-state index in [1.165, 1.54) is 128 Å². The van der Waals surface area contributed by atoms with Crippen LogP contribution in [0.25, 0.3) is 0 Å². The van der Waals surface area contributed by atoms with Crippen molar-refractivity contribution in [3.05, 3.63) is 0 Å². The van der Waals surface area contributed by atoms with Crippen LogP contribution in [0.15, 0.2) is 0 Å². The van der Waals surface area contributed by atoms with E-state index in [9.17, 15) is 19.8 Å². The first kappa shape index (κ1) is 43.9. The van der Waals surface area contributed by atoms with E-state index in [0.717, 1.165) is 25.7 Å². The first-order chi connectivity index (χ1) is 18.4. The molecule has 0 aliphatic carbocycles. The number of thiol groups is 2. The third-order valence-corrected chi connectivity index (χ3v) is 8.14. The molecule has 228 valence electrons. The molecule has 0 fully saturated rings. The molecule has 2 atom stereocenters. The molecule has 7 heteroatoms. The minimum absolute atomic E-state index is 0. The van der Waals surface area contributed by atoms with Gasteiger partial charge in [0.05, 0.1) is 11.9 Å². The van der Waals surface area contributed by atoms with Crippen molar-refractivity contribution in [3.63, 3.8) is 0 Å². The zero-order chi connectivity index (χ0) is 28.7. The van der Waals surface area contributed by atoms with Gasteiger partial charge in [0.1, 0.15) is 0 Å². The van der Waals surface area contributed by atoms with Crippen LogP contribution >= 0.6 is 25.3 Å². The molecule has 0 rings (SSSR count). The van der Waals surface area contributed by atoms with Crippen molar-refractivity contribution in [1.29, 1.82) is 0 Å². The van der Waals surface area contributed by atoms with Gasteiger partial charge in [-0.2, -0.15) is 25.3 Å². The van der Waals surface area contributed by atoms with E-state index in [0.29, 0.717) is 12.8 Å². The van der Waals surface area contributed by atoms with Crippen LogP contribution in [-0.2, 0) is 9.59 Å². The molecule has 0 N–H and O–H groups in total. The summed E-state index contributed by atoms with van der Waals surface area (Å²) in [6.07, 6.45) is 32.5. The third kappa shape index (κ3) is 38.4. The molecule has 0 radical (unpaired) electrons. The first-order valence-corrected chi connectivity index (χ1v) is 17.2. The molecule has 0 heterocycles. The molecule has 39 heavy (non-hydrogen) atoms. The normalized spacial score (nSPS) is 12.2. The maximum absolute atomic E-state index is 10.4. The van der Waals surface area contributed by atoms with Gasteiger partial charge in [0.25, 0.3) is 0 Å². The Balaban J connectivity index is -0.000000648. The van der Waals surface area contributed by atoms with Crippen LogP contribution in [0.2, 0.25) is 0 Å². The Morgan fingerprint density at radius 1 is 0.436 bits per heavy atom. The largest absolute Gasteiger partial charge is 2.00 e. The maximum Gasteiger partial charge on any atom is 2.00 e. The van der Waals surface area contributed by atoms with Crippen molar-refractivity contribution >= 4 is 60.2 Å². The number of hydrogen-bond donors (Lipinski definition) is 2. The average Bonchev–Trinajstić information content (AvgIpc) is 2.89. The van der Waals surface area contributed by atoms with Crippen molar-refractivity contribution in [2.24, 2.45) is 0 Å². The average molecular weight is 599 g/mol. The summed E-state index contributed by atoms with van der Waals surface area (Å²) < 4.78 is 0. The van der Waals surface area contributed by atoms with Crippen LogP contribution in [0.4, 0.5) is 0 Å². The second kappa shape index (κ2) is 36.4. The van der Waals surface area contributed by atoms with Crippen molar-refractivity contribution in [2.45, 2.75) is 191 Å². The smallest absolute Gasteiger partial charge is 0.549 e. The summed E-state index contributed by atoms with van der Waals surface area (Å²) in [5.41, 5.74) is 0.